The molecule has 1 unspecified atom stereocenters. The van der Waals surface area contributed by atoms with E-state index in [-0.39, 0.29) is 12.6 Å². The van der Waals surface area contributed by atoms with Gasteiger partial charge in [0.15, 0.2) is 0 Å². The minimum Gasteiger partial charge on any atom is -0.394 e. The topological polar surface area (TPSA) is 32.3 Å². The molecule has 1 saturated carbocycles. The fourth-order valence-corrected chi connectivity index (χ4v) is 2.83. The van der Waals surface area contributed by atoms with Crippen molar-refractivity contribution in [1.82, 2.24) is 0 Å². The zero-order valence-corrected chi connectivity index (χ0v) is 12.8. The molecule has 1 aliphatic carbocycles. The van der Waals surface area contributed by atoms with Crippen LogP contribution in [0.5, 0.6) is 0 Å². The Hall–Kier alpha value is -1.32. The predicted octanol–water partition coefficient (Wildman–Crippen LogP) is 4.47. The molecule has 1 fully saturated rings. The highest BCUT2D eigenvalue weighted by Crippen LogP contribution is 2.43. The molecule has 3 heteroatoms. The predicted molar refractivity (Wildman–Crippen MR) is 86.0 cm³/mol. The van der Waals surface area contributed by atoms with Gasteiger partial charge in [-0.1, -0.05) is 40.2 Å². The van der Waals surface area contributed by atoms with Crippen LogP contribution in [0.2, 0.25) is 0 Å². The van der Waals surface area contributed by atoms with Crippen LogP contribution in [0.1, 0.15) is 35.9 Å². The highest BCUT2D eigenvalue weighted by Gasteiger charge is 2.27. The summed E-state index contributed by atoms with van der Waals surface area (Å²) in [5.74, 6) is 0.687. The molecule has 20 heavy (non-hydrogen) atoms. The standard InChI is InChI=1S/C17H18BrNO/c18-13-7-9-14(10-8-13)19-17(11-20)16-4-2-1-3-15(16)12-5-6-12/h1-4,7-10,12,17,19-20H,5-6,11H2. The zero-order chi connectivity index (χ0) is 13.9. The van der Waals surface area contributed by atoms with E-state index in [1.807, 2.05) is 30.3 Å². The summed E-state index contributed by atoms with van der Waals surface area (Å²) in [4.78, 5) is 0. The number of rotatable bonds is 5. The Labute approximate surface area is 128 Å². The van der Waals surface area contributed by atoms with Crippen LogP contribution in [-0.4, -0.2) is 11.7 Å². The van der Waals surface area contributed by atoms with Gasteiger partial charge in [-0.3, -0.25) is 0 Å². The summed E-state index contributed by atoms with van der Waals surface area (Å²) in [6.07, 6.45) is 2.54. The molecule has 0 aliphatic heterocycles. The Morgan fingerprint density at radius 1 is 1.10 bits per heavy atom. The number of halogens is 1. The summed E-state index contributed by atoms with van der Waals surface area (Å²) in [5.41, 5.74) is 3.63. The van der Waals surface area contributed by atoms with Crippen molar-refractivity contribution in [2.45, 2.75) is 24.8 Å². The van der Waals surface area contributed by atoms with E-state index in [0.29, 0.717) is 5.92 Å². The summed E-state index contributed by atoms with van der Waals surface area (Å²) in [5, 5.41) is 13.2. The van der Waals surface area contributed by atoms with Crippen molar-refractivity contribution in [2.24, 2.45) is 0 Å². The number of aliphatic hydroxyl groups excluding tert-OH is 1. The van der Waals surface area contributed by atoms with Crippen molar-refractivity contribution < 1.29 is 5.11 Å². The Kier molecular flexibility index (Phi) is 4.08. The van der Waals surface area contributed by atoms with Crippen molar-refractivity contribution >= 4 is 21.6 Å². The lowest BCUT2D eigenvalue weighted by Gasteiger charge is -2.21. The number of aliphatic hydroxyl groups is 1. The number of hydrogen-bond acceptors (Lipinski definition) is 2. The molecule has 2 N–H and O–H groups in total. The molecule has 104 valence electrons. The molecule has 0 amide bonds. The van der Waals surface area contributed by atoms with Gasteiger partial charge in [-0.25, -0.2) is 0 Å². The van der Waals surface area contributed by atoms with E-state index in [1.54, 1.807) is 0 Å². The van der Waals surface area contributed by atoms with Crippen LogP contribution in [0.25, 0.3) is 0 Å². The van der Waals surface area contributed by atoms with Crippen LogP contribution < -0.4 is 5.32 Å². The van der Waals surface area contributed by atoms with Crippen molar-refractivity contribution in [3.63, 3.8) is 0 Å². The molecule has 0 bridgehead atoms. The number of benzene rings is 2. The molecule has 0 heterocycles. The highest BCUT2D eigenvalue weighted by atomic mass is 79.9. The van der Waals surface area contributed by atoms with Gasteiger partial charge in [0.1, 0.15) is 0 Å². The van der Waals surface area contributed by atoms with Crippen LogP contribution in [0.3, 0.4) is 0 Å². The molecular weight excluding hydrogens is 314 g/mol. The van der Waals surface area contributed by atoms with Gasteiger partial charge in [-0.2, -0.15) is 0 Å². The highest BCUT2D eigenvalue weighted by molar-refractivity contribution is 9.10. The van der Waals surface area contributed by atoms with E-state index in [2.05, 4.69) is 39.4 Å². The normalized spacial score (nSPS) is 15.9. The molecule has 0 radical (unpaired) electrons. The third-order valence-corrected chi connectivity index (χ3v) is 4.28. The lowest BCUT2D eigenvalue weighted by atomic mass is 9.97. The second-order valence-electron chi connectivity index (χ2n) is 5.29. The molecular formula is C17H18BrNO. The summed E-state index contributed by atoms with van der Waals surface area (Å²) in [7, 11) is 0. The number of hydrogen-bond donors (Lipinski definition) is 2. The smallest absolute Gasteiger partial charge is 0.0747 e. The van der Waals surface area contributed by atoms with E-state index in [1.165, 1.54) is 24.0 Å². The van der Waals surface area contributed by atoms with Crippen LogP contribution in [0.15, 0.2) is 53.0 Å². The Balaban J connectivity index is 1.84. The van der Waals surface area contributed by atoms with Crippen LogP contribution in [-0.2, 0) is 0 Å². The van der Waals surface area contributed by atoms with Gasteiger partial charge < -0.3 is 10.4 Å². The fourth-order valence-electron chi connectivity index (χ4n) is 2.56. The molecule has 2 aromatic rings. The van der Waals surface area contributed by atoms with Gasteiger partial charge in [-0.05, 0) is 54.2 Å². The molecule has 3 rings (SSSR count). The van der Waals surface area contributed by atoms with Crippen LogP contribution >= 0.6 is 15.9 Å². The summed E-state index contributed by atoms with van der Waals surface area (Å²) in [6.45, 7) is 0.0970. The van der Waals surface area contributed by atoms with Crippen molar-refractivity contribution in [1.29, 1.82) is 0 Å². The maximum absolute atomic E-state index is 9.75. The van der Waals surface area contributed by atoms with Crippen molar-refractivity contribution in [3.05, 3.63) is 64.1 Å². The molecule has 1 atom stereocenters. The van der Waals surface area contributed by atoms with Crippen LogP contribution in [0, 0.1) is 0 Å². The quantitative estimate of drug-likeness (QED) is 0.847. The van der Waals surface area contributed by atoms with Gasteiger partial charge in [0.25, 0.3) is 0 Å². The monoisotopic (exact) mass is 331 g/mol. The first kappa shape index (κ1) is 13.7. The van der Waals surface area contributed by atoms with Gasteiger partial charge in [0.2, 0.25) is 0 Å². The average molecular weight is 332 g/mol. The average Bonchev–Trinajstić information content (AvgIpc) is 3.31. The third-order valence-electron chi connectivity index (χ3n) is 3.76. The van der Waals surface area contributed by atoms with E-state index < -0.39 is 0 Å². The first-order chi connectivity index (χ1) is 9.78. The Bertz CT molecular complexity index is 578. The largest absolute Gasteiger partial charge is 0.394 e. The van der Waals surface area contributed by atoms with Crippen LogP contribution in [0.4, 0.5) is 5.69 Å². The second-order valence-corrected chi connectivity index (χ2v) is 6.21. The van der Waals surface area contributed by atoms with Crippen molar-refractivity contribution in [2.75, 3.05) is 11.9 Å². The summed E-state index contributed by atoms with van der Waals surface area (Å²) >= 11 is 3.44. The van der Waals surface area contributed by atoms with E-state index in [4.69, 9.17) is 0 Å². The molecule has 2 nitrogen and oxygen atoms in total. The SMILES string of the molecule is OCC(Nc1ccc(Br)cc1)c1ccccc1C1CC1. The zero-order valence-electron chi connectivity index (χ0n) is 11.2. The van der Waals surface area contributed by atoms with E-state index >= 15 is 0 Å². The fraction of sp³-hybridized carbons (Fsp3) is 0.294. The third kappa shape index (κ3) is 3.05. The molecule has 0 saturated heterocycles. The lowest BCUT2D eigenvalue weighted by Crippen LogP contribution is -2.16. The number of anilines is 1. The maximum atomic E-state index is 9.75. The second kappa shape index (κ2) is 5.98. The first-order valence-electron chi connectivity index (χ1n) is 6.99. The van der Waals surface area contributed by atoms with Gasteiger partial charge >= 0.3 is 0 Å². The minimum atomic E-state index is -0.0482. The first-order valence-corrected chi connectivity index (χ1v) is 7.79. The Morgan fingerprint density at radius 3 is 2.45 bits per heavy atom. The van der Waals surface area contributed by atoms with Crippen molar-refractivity contribution in [3.8, 4) is 0 Å². The number of nitrogens with one attached hydrogen (secondary N) is 1. The molecule has 0 aromatic heterocycles. The summed E-state index contributed by atoms with van der Waals surface area (Å²) in [6, 6.07) is 16.5. The van der Waals surface area contributed by atoms with E-state index in [0.717, 1.165) is 10.2 Å². The molecule has 1 aliphatic rings. The van der Waals surface area contributed by atoms with Gasteiger partial charge in [0.05, 0.1) is 12.6 Å². The molecule has 2 aromatic carbocycles. The summed E-state index contributed by atoms with van der Waals surface area (Å²) < 4.78 is 1.06. The van der Waals surface area contributed by atoms with Gasteiger partial charge in [0, 0.05) is 10.2 Å². The Morgan fingerprint density at radius 2 is 1.80 bits per heavy atom. The lowest BCUT2D eigenvalue weighted by molar-refractivity contribution is 0.276. The maximum Gasteiger partial charge on any atom is 0.0747 e. The minimum absolute atomic E-state index is 0.0482. The van der Waals surface area contributed by atoms with Gasteiger partial charge in [-0.15, -0.1) is 0 Å². The molecule has 0 spiro atoms. The van der Waals surface area contributed by atoms with E-state index in [9.17, 15) is 5.11 Å².